The maximum atomic E-state index is 12.8. The third kappa shape index (κ3) is 3.59. The summed E-state index contributed by atoms with van der Waals surface area (Å²) in [7, 11) is 1.69. The topological polar surface area (TPSA) is 57.7 Å². The molecule has 26 heavy (non-hydrogen) atoms. The lowest BCUT2D eigenvalue weighted by atomic mass is 10.2. The highest BCUT2D eigenvalue weighted by Gasteiger charge is 2.25. The van der Waals surface area contributed by atoms with E-state index >= 15 is 0 Å². The number of nitrogens with zero attached hydrogens (tertiary/aromatic N) is 3. The van der Waals surface area contributed by atoms with Crippen LogP contribution >= 0.6 is 0 Å². The number of hydrogen-bond donors (Lipinski definition) is 1. The van der Waals surface area contributed by atoms with Crippen LogP contribution in [0.4, 0.5) is 11.5 Å². The molecule has 2 fully saturated rings. The van der Waals surface area contributed by atoms with Gasteiger partial charge >= 0.3 is 0 Å². The molecule has 0 bridgehead atoms. The van der Waals surface area contributed by atoms with Gasteiger partial charge in [-0.25, -0.2) is 4.98 Å². The molecule has 1 aliphatic heterocycles. The highest BCUT2D eigenvalue weighted by atomic mass is 16.5. The maximum Gasteiger partial charge on any atom is 0.254 e. The molecule has 0 radical (unpaired) electrons. The third-order valence-electron chi connectivity index (χ3n) is 4.93. The molecule has 2 aromatic rings. The lowest BCUT2D eigenvalue weighted by Crippen LogP contribution is -2.48. The number of anilines is 2. The number of nitrogens with one attached hydrogen (secondary N) is 1. The molecule has 1 aliphatic carbocycles. The number of piperazine rings is 1. The van der Waals surface area contributed by atoms with Crippen molar-refractivity contribution in [1.29, 1.82) is 0 Å². The van der Waals surface area contributed by atoms with Gasteiger partial charge in [-0.2, -0.15) is 0 Å². The Labute approximate surface area is 153 Å². The first-order valence-corrected chi connectivity index (χ1v) is 9.14. The van der Waals surface area contributed by atoms with E-state index in [4.69, 9.17) is 4.74 Å². The Bertz CT molecular complexity index is 783. The van der Waals surface area contributed by atoms with Gasteiger partial charge in [0.15, 0.2) is 0 Å². The van der Waals surface area contributed by atoms with Gasteiger partial charge in [0.2, 0.25) is 0 Å². The van der Waals surface area contributed by atoms with Crippen LogP contribution in [0.1, 0.15) is 23.2 Å². The van der Waals surface area contributed by atoms with Crippen molar-refractivity contribution in [2.24, 2.45) is 0 Å². The van der Waals surface area contributed by atoms with Crippen LogP contribution in [0.5, 0.6) is 5.75 Å². The summed E-state index contributed by atoms with van der Waals surface area (Å²) >= 11 is 0. The monoisotopic (exact) mass is 352 g/mol. The predicted octanol–water partition coefficient (Wildman–Crippen LogP) is 2.63. The standard InChI is InChI=1S/C20H24N4O2/c1-26-18-5-3-2-4-17(18)23-10-12-24(13-11-23)20(25)15-8-9-21-19(14-15)22-16-6-7-16/h2-5,8-9,14,16H,6-7,10-13H2,1H3,(H,21,22). The summed E-state index contributed by atoms with van der Waals surface area (Å²) in [5, 5.41) is 3.35. The van der Waals surface area contributed by atoms with E-state index in [0.717, 1.165) is 30.3 Å². The second-order valence-electron chi connectivity index (χ2n) is 6.80. The van der Waals surface area contributed by atoms with Crippen molar-refractivity contribution in [1.82, 2.24) is 9.88 Å². The number of aromatic nitrogens is 1. The van der Waals surface area contributed by atoms with E-state index in [0.29, 0.717) is 24.7 Å². The number of pyridine rings is 1. The van der Waals surface area contributed by atoms with Crippen LogP contribution in [0.3, 0.4) is 0 Å². The van der Waals surface area contributed by atoms with Crippen LogP contribution in [0.2, 0.25) is 0 Å². The average Bonchev–Trinajstić information content (AvgIpc) is 3.52. The van der Waals surface area contributed by atoms with Crippen LogP contribution < -0.4 is 15.0 Å². The largest absolute Gasteiger partial charge is 0.495 e. The fourth-order valence-corrected chi connectivity index (χ4v) is 3.30. The summed E-state index contributed by atoms with van der Waals surface area (Å²) in [4.78, 5) is 21.4. The number of rotatable bonds is 5. The van der Waals surface area contributed by atoms with Gasteiger partial charge in [0.25, 0.3) is 5.91 Å². The van der Waals surface area contributed by atoms with Gasteiger partial charge in [-0.3, -0.25) is 4.79 Å². The maximum absolute atomic E-state index is 12.8. The van der Waals surface area contributed by atoms with E-state index in [-0.39, 0.29) is 5.91 Å². The SMILES string of the molecule is COc1ccccc1N1CCN(C(=O)c2ccnc(NC3CC3)c2)CC1. The molecule has 0 unspecified atom stereocenters. The number of hydrogen-bond acceptors (Lipinski definition) is 5. The molecule has 1 amide bonds. The molecule has 4 rings (SSSR count). The molecule has 136 valence electrons. The molecule has 6 nitrogen and oxygen atoms in total. The second-order valence-corrected chi connectivity index (χ2v) is 6.80. The lowest BCUT2D eigenvalue weighted by molar-refractivity contribution is 0.0746. The van der Waals surface area contributed by atoms with Gasteiger partial charge in [-0.05, 0) is 37.1 Å². The van der Waals surface area contributed by atoms with Gasteiger partial charge in [-0.1, -0.05) is 12.1 Å². The van der Waals surface area contributed by atoms with E-state index in [2.05, 4.69) is 21.3 Å². The molecule has 6 heteroatoms. The number of carbonyl (C=O) groups excluding carboxylic acids is 1. The summed E-state index contributed by atoms with van der Waals surface area (Å²) in [6, 6.07) is 12.2. The molecule has 0 atom stereocenters. The summed E-state index contributed by atoms with van der Waals surface area (Å²) in [6.45, 7) is 2.99. The zero-order valence-electron chi connectivity index (χ0n) is 15.0. The first kappa shape index (κ1) is 16.7. The van der Waals surface area contributed by atoms with E-state index in [1.165, 1.54) is 12.8 Å². The van der Waals surface area contributed by atoms with Gasteiger partial charge in [-0.15, -0.1) is 0 Å². The number of amides is 1. The minimum atomic E-state index is 0.0749. The molecule has 2 aliphatic rings. The minimum absolute atomic E-state index is 0.0749. The molecular formula is C20H24N4O2. The Morgan fingerprint density at radius 2 is 1.92 bits per heavy atom. The lowest BCUT2D eigenvalue weighted by Gasteiger charge is -2.36. The fraction of sp³-hybridized carbons (Fsp3) is 0.400. The number of benzene rings is 1. The zero-order chi connectivity index (χ0) is 17.9. The van der Waals surface area contributed by atoms with Gasteiger partial charge < -0.3 is 19.9 Å². The van der Waals surface area contributed by atoms with E-state index in [1.54, 1.807) is 19.4 Å². The van der Waals surface area contributed by atoms with Crippen molar-refractivity contribution in [2.75, 3.05) is 43.5 Å². The van der Waals surface area contributed by atoms with E-state index in [1.807, 2.05) is 29.2 Å². The first-order chi connectivity index (χ1) is 12.7. The number of methoxy groups -OCH3 is 1. The van der Waals surface area contributed by atoms with Crippen molar-refractivity contribution in [3.63, 3.8) is 0 Å². The molecule has 1 aromatic carbocycles. The molecule has 1 saturated carbocycles. The van der Waals surface area contributed by atoms with Gasteiger partial charge in [0, 0.05) is 44.0 Å². The summed E-state index contributed by atoms with van der Waals surface area (Å²) in [5.74, 6) is 1.74. The van der Waals surface area contributed by atoms with Crippen molar-refractivity contribution < 1.29 is 9.53 Å². The highest BCUT2D eigenvalue weighted by Crippen LogP contribution is 2.28. The Morgan fingerprint density at radius 1 is 1.15 bits per heavy atom. The second kappa shape index (κ2) is 7.23. The van der Waals surface area contributed by atoms with E-state index < -0.39 is 0 Å². The Hall–Kier alpha value is -2.76. The minimum Gasteiger partial charge on any atom is -0.495 e. The van der Waals surface area contributed by atoms with Crippen LogP contribution in [0, 0.1) is 0 Å². The number of carbonyl (C=O) groups is 1. The molecular weight excluding hydrogens is 328 g/mol. The molecule has 1 N–H and O–H groups in total. The quantitative estimate of drug-likeness (QED) is 0.896. The molecule has 0 spiro atoms. The molecule has 1 aromatic heterocycles. The molecule has 2 heterocycles. The number of para-hydroxylation sites is 2. The highest BCUT2D eigenvalue weighted by molar-refractivity contribution is 5.95. The van der Waals surface area contributed by atoms with Crippen molar-refractivity contribution in [3.05, 3.63) is 48.2 Å². The normalized spacial score (nSPS) is 17.1. The Balaban J connectivity index is 1.40. The smallest absolute Gasteiger partial charge is 0.254 e. The number of ether oxygens (including phenoxy) is 1. The Morgan fingerprint density at radius 3 is 2.65 bits per heavy atom. The van der Waals surface area contributed by atoms with Gasteiger partial charge in [0.1, 0.15) is 11.6 Å². The molecule has 1 saturated heterocycles. The summed E-state index contributed by atoms with van der Waals surface area (Å²) in [6.07, 6.45) is 4.08. The van der Waals surface area contributed by atoms with Crippen LogP contribution in [0.25, 0.3) is 0 Å². The average molecular weight is 352 g/mol. The van der Waals surface area contributed by atoms with Crippen molar-refractivity contribution in [2.45, 2.75) is 18.9 Å². The third-order valence-corrected chi connectivity index (χ3v) is 4.93. The zero-order valence-corrected chi connectivity index (χ0v) is 15.0. The van der Waals surface area contributed by atoms with Crippen molar-refractivity contribution >= 4 is 17.4 Å². The van der Waals surface area contributed by atoms with Crippen molar-refractivity contribution in [3.8, 4) is 5.75 Å². The van der Waals surface area contributed by atoms with Gasteiger partial charge in [0.05, 0.1) is 12.8 Å². The Kier molecular flexibility index (Phi) is 4.65. The fourth-order valence-electron chi connectivity index (χ4n) is 3.30. The van der Waals surface area contributed by atoms with E-state index in [9.17, 15) is 4.79 Å². The predicted molar refractivity (Wildman–Crippen MR) is 102 cm³/mol. The van der Waals surface area contributed by atoms with Crippen LogP contribution in [-0.4, -0.2) is 55.1 Å². The van der Waals surface area contributed by atoms with Crippen LogP contribution in [0.15, 0.2) is 42.6 Å². The summed E-state index contributed by atoms with van der Waals surface area (Å²) < 4.78 is 5.46. The van der Waals surface area contributed by atoms with Crippen LogP contribution in [-0.2, 0) is 0 Å². The summed E-state index contributed by atoms with van der Waals surface area (Å²) in [5.41, 5.74) is 1.79. The first-order valence-electron chi connectivity index (χ1n) is 9.14.